The Morgan fingerprint density at radius 2 is 1.62 bits per heavy atom. The van der Waals surface area contributed by atoms with E-state index in [4.69, 9.17) is 10.5 Å². The molecule has 0 saturated heterocycles. The molecule has 0 radical (unpaired) electrons. The average Bonchev–Trinajstić information content (AvgIpc) is 2.36. The third kappa shape index (κ3) is 3.44. The first-order chi connectivity index (χ1) is 9.68. The van der Waals surface area contributed by atoms with E-state index in [0.717, 1.165) is 30.3 Å². The second-order valence-corrected chi connectivity index (χ2v) is 4.90. The molecule has 0 aliphatic rings. The second-order valence-electron chi connectivity index (χ2n) is 4.05. The first kappa shape index (κ1) is 15.6. The van der Waals surface area contributed by atoms with Crippen LogP contribution in [0.15, 0.2) is 34.8 Å². The van der Waals surface area contributed by atoms with Crippen LogP contribution in [0, 0.1) is 11.6 Å². The maximum absolute atomic E-state index is 13.5. The largest absolute Gasteiger partial charge is 0.453 e. The minimum atomic E-state index is -4.51. The number of benzene rings is 2. The van der Waals surface area contributed by atoms with Crippen molar-refractivity contribution in [2.45, 2.75) is 6.18 Å². The highest BCUT2D eigenvalue weighted by Gasteiger charge is 2.31. The molecule has 0 amide bonds. The average molecular weight is 368 g/mol. The van der Waals surface area contributed by atoms with E-state index in [0.29, 0.717) is 0 Å². The molecule has 0 saturated carbocycles. The van der Waals surface area contributed by atoms with Gasteiger partial charge in [0.15, 0.2) is 11.6 Å². The van der Waals surface area contributed by atoms with Crippen LogP contribution in [0.5, 0.6) is 11.5 Å². The summed E-state index contributed by atoms with van der Waals surface area (Å²) < 4.78 is 69.3. The lowest BCUT2D eigenvalue weighted by molar-refractivity contribution is -0.137. The molecule has 0 bridgehead atoms. The van der Waals surface area contributed by atoms with E-state index in [9.17, 15) is 22.0 Å². The molecule has 0 aliphatic carbocycles. The number of nitrogens with two attached hydrogens (primary N) is 1. The predicted molar refractivity (Wildman–Crippen MR) is 70.0 cm³/mol. The molecule has 0 spiro atoms. The van der Waals surface area contributed by atoms with Gasteiger partial charge in [0.2, 0.25) is 0 Å². The molecule has 0 aliphatic heterocycles. The van der Waals surface area contributed by atoms with E-state index < -0.39 is 34.8 Å². The number of hydrogen-bond acceptors (Lipinski definition) is 2. The Morgan fingerprint density at radius 3 is 2.19 bits per heavy atom. The highest BCUT2D eigenvalue weighted by Crippen LogP contribution is 2.37. The normalized spacial score (nSPS) is 11.5. The predicted octanol–water partition coefficient (Wildman–Crippen LogP) is 5.12. The Hall–Kier alpha value is -1.83. The SMILES string of the molecule is Nc1cc(F)c(Oc2ccc(C(F)(F)F)cc2Br)cc1F. The van der Waals surface area contributed by atoms with Crippen LogP contribution in [0.2, 0.25) is 0 Å². The van der Waals surface area contributed by atoms with Gasteiger partial charge in [0, 0.05) is 12.1 Å². The van der Waals surface area contributed by atoms with Crippen LogP contribution in [0.3, 0.4) is 0 Å². The number of anilines is 1. The lowest BCUT2D eigenvalue weighted by Gasteiger charge is -2.12. The van der Waals surface area contributed by atoms with Gasteiger partial charge in [-0.25, -0.2) is 8.78 Å². The Labute approximate surface area is 124 Å². The smallest absolute Gasteiger partial charge is 0.416 e. The summed E-state index contributed by atoms with van der Waals surface area (Å²) in [5, 5.41) is 0. The van der Waals surface area contributed by atoms with E-state index in [1.807, 2.05) is 0 Å². The van der Waals surface area contributed by atoms with Crippen molar-refractivity contribution < 1.29 is 26.7 Å². The lowest BCUT2D eigenvalue weighted by Crippen LogP contribution is -2.04. The summed E-state index contributed by atoms with van der Waals surface area (Å²) in [6, 6.07) is 3.99. The van der Waals surface area contributed by atoms with E-state index >= 15 is 0 Å². The van der Waals surface area contributed by atoms with Crippen molar-refractivity contribution in [1.29, 1.82) is 0 Å². The number of ether oxygens (including phenoxy) is 1. The topological polar surface area (TPSA) is 35.2 Å². The van der Waals surface area contributed by atoms with Crippen molar-refractivity contribution in [1.82, 2.24) is 0 Å². The van der Waals surface area contributed by atoms with Gasteiger partial charge in [0.1, 0.15) is 11.6 Å². The van der Waals surface area contributed by atoms with E-state index in [2.05, 4.69) is 15.9 Å². The third-order valence-electron chi connectivity index (χ3n) is 2.53. The molecule has 2 N–H and O–H groups in total. The van der Waals surface area contributed by atoms with Crippen LogP contribution >= 0.6 is 15.9 Å². The minimum Gasteiger partial charge on any atom is -0.453 e. The van der Waals surface area contributed by atoms with Crippen LogP contribution < -0.4 is 10.5 Å². The number of rotatable bonds is 2. The van der Waals surface area contributed by atoms with Crippen LogP contribution in [0.25, 0.3) is 0 Å². The van der Waals surface area contributed by atoms with E-state index in [1.165, 1.54) is 0 Å². The summed E-state index contributed by atoms with van der Waals surface area (Å²) >= 11 is 2.89. The van der Waals surface area contributed by atoms with Crippen molar-refractivity contribution in [3.8, 4) is 11.5 Å². The van der Waals surface area contributed by atoms with Gasteiger partial charge in [0.25, 0.3) is 0 Å². The Kier molecular flexibility index (Phi) is 4.08. The van der Waals surface area contributed by atoms with Gasteiger partial charge in [0.05, 0.1) is 15.7 Å². The van der Waals surface area contributed by atoms with Crippen LogP contribution in [-0.4, -0.2) is 0 Å². The molecule has 0 atom stereocenters. The monoisotopic (exact) mass is 367 g/mol. The van der Waals surface area contributed by atoms with Gasteiger partial charge in [-0.05, 0) is 34.1 Å². The summed E-state index contributed by atoms with van der Waals surface area (Å²) in [7, 11) is 0. The Morgan fingerprint density at radius 1 is 0.952 bits per heavy atom. The molecule has 0 unspecified atom stereocenters. The molecule has 112 valence electrons. The zero-order valence-electron chi connectivity index (χ0n) is 10.1. The highest BCUT2D eigenvalue weighted by atomic mass is 79.9. The first-order valence-electron chi connectivity index (χ1n) is 5.47. The van der Waals surface area contributed by atoms with Crippen LogP contribution in [0.1, 0.15) is 5.56 Å². The number of hydrogen-bond donors (Lipinski definition) is 1. The molecule has 2 aromatic rings. The van der Waals surface area contributed by atoms with Gasteiger partial charge in [-0.15, -0.1) is 0 Å². The summed E-state index contributed by atoms with van der Waals surface area (Å²) in [5.41, 5.74) is 3.88. The summed E-state index contributed by atoms with van der Waals surface area (Å²) in [5.74, 6) is -2.40. The third-order valence-corrected chi connectivity index (χ3v) is 3.15. The Balaban J connectivity index is 2.35. The number of alkyl halides is 3. The molecular weight excluding hydrogens is 361 g/mol. The maximum Gasteiger partial charge on any atom is 0.416 e. The fourth-order valence-electron chi connectivity index (χ4n) is 1.50. The molecule has 2 nitrogen and oxygen atoms in total. The first-order valence-corrected chi connectivity index (χ1v) is 6.27. The van der Waals surface area contributed by atoms with Crippen LogP contribution in [-0.2, 0) is 6.18 Å². The molecule has 2 aromatic carbocycles. The molecular formula is C13H7BrF5NO. The van der Waals surface area contributed by atoms with E-state index in [-0.39, 0.29) is 10.2 Å². The fraction of sp³-hybridized carbons (Fsp3) is 0.0769. The van der Waals surface area contributed by atoms with Gasteiger partial charge < -0.3 is 10.5 Å². The summed E-state index contributed by atoms with van der Waals surface area (Å²) in [6.45, 7) is 0. The second kappa shape index (κ2) is 5.51. The fourth-order valence-corrected chi connectivity index (χ4v) is 1.96. The lowest BCUT2D eigenvalue weighted by atomic mass is 10.2. The van der Waals surface area contributed by atoms with Gasteiger partial charge in [-0.3, -0.25) is 0 Å². The summed E-state index contributed by atoms with van der Waals surface area (Å²) in [6.07, 6.45) is -4.51. The molecule has 2 rings (SSSR count). The maximum atomic E-state index is 13.5. The van der Waals surface area contributed by atoms with Crippen molar-refractivity contribution in [2.75, 3.05) is 5.73 Å². The molecule has 0 heterocycles. The minimum absolute atomic E-state index is 0.0473. The zero-order valence-corrected chi connectivity index (χ0v) is 11.7. The van der Waals surface area contributed by atoms with E-state index in [1.54, 1.807) is 0 Å². The zero-order chi connectivity index (χ0) is 15.8. The molecule has 0 fully saturated rings. The van der Waals surface area contributed by atoms with Crippen molar-refractivity contribution in [3.05, 3.63) is 52.0 Å². The Bertz CT molecular complexity index is 687. The molecule has 21 heavy (non-hydrogen) atoms. The number of nitrogen functional groups attached to an aromatic ring is 1. The van der Waals surface area contributed by atoms with Crippen molar-refractivity contribution >= 4 is 21.6 Å². The standard InChI is InChI=1S/C13H7BrF5NO/c14-7-3-6(13(17,18)19)1-2-11(7)21-12-5-8(15)10(20)4-9(12)16/h1-5H,20H2. The van der Waals surface area contributed by atoms with Gasteiger partial charge in [-0.1, -0.05) is 0 Å². The van der Waals surface area contributed by atoms with Gasteiger partial charge >= 0.3 is 6.18 Å². The van der Waals surface area contributed by atoms with Crippen LogP contribution in [0.4, 0.5) is 27.6 Å². The molecule has 8 heteroatoms. The van der Waals surface area contributed by atoms with Gasteiger partial charge in [-0.2, -0.15) is 13.2 Å². The molecule has 0 aromatic heterocycles. The quantitative estimate of drug-likeness (QED) is 0.590. The van der Waals surface area contributed by atoms with Crippen molar-refractivity contribution in [3.63, 3.8) is 0 Å². The highest BCUT2D eigenvalue weighted by molar-refractivity contribution is 9.10. The number of halogens is 6. The summed E-state index contributed by atoms with van der Waals surface area (Å²) in [4.78, 5) is 0. The van der Waals surface area contributed by atoms with Crippen molar-refractivity contribution in [2.24, 2.45) is 0 Å².